The molecule has 2 aromatic carbocycles. The van der Waals surface area contributed by atoms with Crippen molar-refractivity contribution in [2.75, 3.05) is 24.6 Å². The van der Waals surface area contributed by atoms with E-state index < -0.39 is 22.0 Å². The number of carbonyl (C=O) groups excluding carboxylic acids is 1. The maximum Gasteiger partial charge on any atom is 0.265 e. The zero-order chi connectivity index (χ0) is 28.1. The van der Waals surface area contributed by atoms with Crippen LogP contribution >= 0.6 is 11.6 Å². The largest absolute Gasteiger partial charge is 0.490 e. The number of nitrogens with zero attached hydrogens (tertiary/aromatic N) is 1. The number of aryl methyl sites for hydroxylation is 1. The number of sulfonamides is 1. The molecule has 2 aromatic rings. The van der Waals surface area contributed by atoms with Crippen LogP contribution in [0.2, 0.25) is 5.02 Å². The normalized spacial score (nSPS) is 30.6. The summed E-state index contributed by atoms with van der Waals surface area (Å²) in [7, 11) is -4.06. The Hall–Kier alpha value is -2.81. The monoisotopic (exact) mass is 582 g/mol. The molecule has 2 aliphatic heterocycles. The Morgan fingerprint density at radius 3 is 2.80 bits per heavy atom. The molecule has 2 N–H and O–H groups in total. The molecule has 2 bridgehead atoms. The van der Waals surface area contributed by atoms with Crippen LogP contribution in [0.4, 0.5) is 5.69 Å². The number of aliphatic hydroxyl groups is 1. The van der Waals surface area contributed by atoms with Gasteiger partial charge in [-0.1, -0.05) is 36.4 Å². The van der Waals surface area contributed by atoms with Gasteiger partial charge in [0, 0.05) is 29.1 Å². The summed E-state index contributed by atoms with van der Waals surface area (Å²) in [5.74, 6) is 0.361. The first-order chi connectivity index (χ1) is 19.1. The van der Waals surface area contributed by atoms with Gasteiger partial charge in [-0.05, 0) is 98.2 Å². The Bertz CT molecular complexity index is 1490. The molecular formula is C31H35ClN2O5S. The van der Waals surface area contributed by atoms with Gasteiger partial charge in [0.1, 0.15) is 5.75 Å². The van der Waals surface area contributed by atoms with E-state index in [1.165, 1.54) is 11.1 Å². The minimum Gasteiger partial charge on any atom is -0.490 e. The van der Waals surface area contributed by atoms with E-state index in [-0.39, 0.29) is 34.1 Å². The zero-order valence-electron chi connectivity index (χ0n) is 22.4. The van der Waals surface area contributed by atoms with Crippen LogP contribution in [0.15, 0.2) is 60.0 Å². The summed E-state index contributed by atoms with van der Waals surface area (Å²) in [6.07, 6.45) is 8.46. The molecule has 0 unspecified atom stereocenters. The van der Waals surface area contributed by atoms with Gasteiger partial charge in [-0.3, -0.25) is 4.79 Å². The van der Waals surface area contributed by atoms with Crippen molar-refractivity contribution in [1.29, 1.82) is 0 Å². The number of halogens is 1. The Kier molecular flexibility index (Phi) is 7.21. The lowest BCUT2D eigenvalue weighted by atomic mass is 9.68. The minimum absolute atomic E-state index is 0.0636. The number of aliphatic hydroxyl groups excluding tert-OH is 1. The van der Waals surface area contributed by atoms with Gasteiger partial charge >= 0.3 is 0 Å². The van der Waals surface area contributed by atoms with Crippen molar-refractivity contribution >= 4 is 33.2 Å². The second kappa shape index (κ2) is 10.5. The first-order valence-electron chi connectivity index (χ1n) is 14.1. The van der Waals surface area contributed by atoms with E-state index in [0.29, 0.717) is 31.9 Å². The lowest BCUT2D eigenvalue weighted by Gasteiger charge is -2.45. The van der Waals surface area contributed by atoms with Crippen molar-refractivity contribution in [3.05, 3.63) is 81.7 Å². The molecule has 1 saturated carbocycles. The number of benzene rings is 2. The molecule has 0 saturated heterocycles. The van der Waals surface area contributed by atoms with Gasteiger partial charge < -0.3 is 14.7 Å². The van der Waals surface area contributed by atoms with Crippen LogP contribution in [0.25, 0.3) is 0 Å². The quantitative estimate of drug-likeness (QED) is 0.419. The SMILES string of the molecule is C=C1CC/C=C\[C@H](O)[C@@H]2CC[C@H]2CN2C[C@@]3(CCCc4cc(Cl)ccc43)COc3ccc(cc32)C(=O)NS1(=O)=O. The highest BCUT2D eigenvalue weighted by Gasteiger charge is 2.44. The summed E-state index contributed by atoms with van der Waals surface area (Å²) < 4.78 is 34.3. The molecule has 0 aromatic heterocycles. The molecule has 2 heterocycles. The van der Waals surface area contributed by atoms with E-state index in [4.69, 9.17) is 16.3 Å². The minimum atomic E-state index is -4.06. The first kappa shape index (κ1) is 27.4. The number of carbonyl (C=O) groups is 1. The molecule has 9 heteroatoms. The number of hydrogen-bond acceptors (Lipinski definition) is 6. The topological polar surface area (TPSA) is 95.9 Å². The Morgan fingerprint density at radius 1 is 1.15 bits per heavy atom. The Balaban J connectivity index is 1.43. The molecule has 4 atom stereocenters. The maximum absolute atomic E-state index is 13.2. The van der Waals surface area contributed by atoms with E-state index in [0.717, 1.165) is 42.8 Å². The number of hydrogen-bond donors (Lipinski definition) is 2. The zero-order valence-corrected chi connectivity index (χ0v) is 24.0. The Labute approximate surface area is 240 Å². The van der Waals surface area contributed by atoms with Crippen molar-refractivity contribution in [3.8, 4) is 5.75 Å². The van der Waals surface area contributed by atoms with Crippen LogP contribution in [-0.4, -0.2) is 45.2 Å². The fraction of sp³-hybridized carbons (Fsp3) is 0.452. The van der Waals surface area contributed by atoms with Crippen molar-refractivity contribution in [2.45, 2.75) is 56.5 Å². The highest BCUT2D eigenvalue weighted by Crippen LogP contribution is 2.46. The van der Waals surface area contributed by atoms with Gasteiger partial charge in [-0.15, -0.1) is 0 Å². The van der Waals surface area contributed by atoms with Gasteiger partial charge in [0.05, 0.1) is 23.3 Å². The summed E-state index contributed by atoms with van der Waals surface area (Å²) in [4.78, 5) is 15.4. The second-order valence-corrected chi connectivity index (χ2v) is 13.9. The van der Waals surface area contributed by atoms with Crippen LogP contribution in [0, 0.1) is 11.8 Å². The van der Waals surface area contributed by atoms with Crippen LogP contribution < -0.4 is 14.4 Å². The van der Waals surface area contributed by atoms with Crippen LogP contribution in [0.3, 0.4) is 0 Å². The molecule has 6 rings (SSSR count). The number of nitrogens with one attached hydrogen (secondary N) is 1. The van der Waals surface area contributed by atoms with Crippen molar-refractivity contribution in [1.82, 2.24) is 4.72 Å². The smallest absolute Gasteiger partial charge is 0.265 e. The van der Waals surface area contributed by atoms with E-state index >= 15 is 0 Å². The summed E-state index contributed by atoms with van der Waals surface area (Å²) in [6.45, 7) is 5.57. The summed E-state index contributed by atoms with van der Waals surface area (Å²) in [5, 5.41) is 11.7. The molecule has 40 heavy (non-hydrogen) atoms. The number of fused-ring (bicyclic) bond motifs is 4. The summed E-state index contributed by atoms with van der Waals surface area (Å²) in [5.41, 5.74) is 3.24. The van der Waals surface area contributed by atoms with Crippen molar-refractivity contribution in [2.24, 2.45) is 11.8 Å². The molecule has 1 spiro atoms. The Morgan fingerprint density at radius 2 is 2.00 bits per heavy atom. The van der Waals surface area contributed by atoms with E-state index in [1.807, 2.05) is 12.1 Å². The summed E-state index contributed by atoms with van der Waals surface area (Å²) >= 11 is 6.36. The number of anilines is 1. The fourth-order valence-corrected chi connectivity index (χ4v) is 7.91. The molecule has 2 aliphatic carbocycles. The highest BCUT2D eigenvalue weighted by atomic mass is 35.5. The third-order valence-corrected chi connectivity index (χ3v) is 10.9. The highest BCUT2D eigenvalue weighted by molar-refractivity contribution is 7.93. The number of amides is 1. The predicted molar refractivity (Wildman–Crippen MR) is 156 cm³/mol. The van der Waals surface area contributed by atoms with E-state index in [9.17, 15) is 18.3 Å². The molecule has 212 valence electrons. The van der Waals surface area contributed by atoms with E-state index in [2.05, 4.69) is 28.3 Å². The molecule has 4 aliphatic rings. The van der Waals surface area contributed by atoms with Gasteiger partial charge in [0.15, 0.2) is 0 Å². The predicted octanol–water partition coefficient (Wildman–Crippen LogP) is 5.12. The van der Waals surface area contributed by atoms with Gasteiger partial charge in [-0.2, -0.15) is 0 Å². The molecular weight excluding hydrogens is 548 g/mol. The van der Waals surface area contributed by atoms with E-state index in [1.54, 1.807) is 24.3 Å². The fourth-order valence-electron chi connectivity index (χ4n) is 6.82. The lowest BCUT2D eigenvalue weighted by Crippen LogP contribution is -2.49. The van der Waals surface area contributed by atoms with Crippen LogP contribution in [-0.2, 0) is 21.9 Å². The molecule has 1 amide bonds. The van der Waals surface area contributed by atoms with Crippen molar-refractivity contribution in [3.63, 3.8) is 0 Å². The average Bonchev–Trinajstić information content (AvgIpc) is 3.05. The lowest BCUT2D eigenvalue weighted by molar-refractivity contribution is 0.0456. The molecule has 0 radical (unpaired) electrons. The average molecular weight is 583 g/mol. The number of ether oxygens (including phenoxy) is 1. The standard InChI is InChI=1S/C31H35ClN2O5S/c1-20-5-2-3-7-28(35)25-11-8-23(25)17-34-18-31(14-4-6-21-15-24(32)10-12-26(21)31)19-39-29-13-9-22(16-27(29)34)30(36)33-40(20,37)38/h3,7,9-10,12-13,15-16,23,25,28,35H,1-2,4-6,8,11,14,17-19H2,(H,33,36)/b7-3-/t23-,25+,28-,31-/m0/s1. The van der Waals surface area contributed by atoms with Crippen molar-refractivity contribution < 1.29 is 23.1 Å². The molecule has 1 fully saturated rings. The second-order valence-electron chi connectivity index (χ2n) is 11.7. The van der Waals surface area contributed by atoms with Gasteiger partial charge in [0.25, 0.3) is 15.9 Å². The molecule has 7 nitrogen and oxygen atoms in total. The number of allylic oxidation sites excluding steroid dienone is 2. The third-order valence-electron chi connectivity index (χ3n) is 9.20. The van der Waals surface area contributed by atoms with Crippen LogP contribution in [0.1, 0.15) is 60.0 Å². The maximum atomic E-state index is 13.2. The first-order valence-corrected chi connectivity index (χ1v) is 15.9. The number of rotatable bonds is 0. The van der Waals surface area contributed by atoms with Gasteiger partial charge in [-0.25, -0.2) is 13.1 Å². The third kappa shape index (κ3) is 5.06. The van der Waals surface area contributed by atoms with Crippen LogP contribution in [0.5, 0.6) is 5.75 Å². The summed E-state index contributed by atoms with van der Waals surface area (Å²) in [6, 6.07) is 11.3. The van der Waals surface area contributed by atoms with Gasteiger partial charge in [0.2, 0.25) is 0 Å².